The fourth-order valence-electron chi connectivity index (χ4n) is 2.40. The zero-order chi connectivity index (χ0) is 18.3. The second-order valence-electron chi connectivity index (χ2n) is 5.96. The van der Waals surface area contributed by atoms with Gasteiger partial charge in [-0.15, -0.1) is 0 Å². The van der Waals surface area contributed by atoms with Gasteiger partial charge in [-0.25, -0.2) is 4.79 Å². The second-order valence-corrected chi connectivity index (χ2v) is 5.96. The lowest BCUT2D eigenvalue weighted by Gasteiger charge is -2.12. The summed E-state index contributed by atoms with van der Waals surface area (Å²) in [7, 11) is 3.28. The summed E-state index contributed by atoms with van der Waals surface area (Å²) in [4.78, 5) is 12.1. The summed E-state index contributed by atoms with van der Waals surface area (Å²) < 4.78 is 21.4. The van der Waals surface area contributed by atoms with Crippen molar-refractivity contribution in [1.29, 1.82) is 0 Å². The minimum Gasteiger partial charge on any atom is -0.493 e. The van der Waals surface area contributed by atoms with Crippen molar-refractivity contribution in [2.75, 3.05) is 34.0 Å². The van der Waals surface area contributed by atoms with E-state index in [0.29, 0.717) is 30.3 Å². The van der Waals surface area contributed by atoms with Gasteiger partial charge in [0.15, 0.2) is 11.5 Å². The Hall–Kier alpha value is -1.75. The van der Waals surface area contributed by atoms with Gasteiger partial charge in [0.05, 0.1) is 25.9 Å². The molecule has 0 aromatic heterocycles. The predicted molar refractivity (Wildman–Crippen MR) is 98.6 cm³/mol. The van der Waals surface area contributed by atoms with Crippen LogP contribution in [0.2, 0.25) is 0 Å². The van der Waals surface area contributed by atoms with Crippen molar-refractivity contribution >= 4 is 5.97 Å². The van der Waals surface area contributed by atoms with E-state index in [2.05, 4.69) is 6.92 Å². The van der Waals surface area contributed by atoms with Crippen LogP contribution in [0.5, 0.6) is 11.5 Å². The molecule has 1 aromatic rings. The average Bonchev–Trinajstić information content (AvgIpc) is 2.64. The number of ether oxygens (including phenoxy) is 4. The summed E-state index contributed by atoms with van der Waals surface area (Å²) in [6.45, 7) is 4.02. The van der Waals surface area contributed by atoms with E-state index >= 15 is 0 Å². The summed E-state index contributed by atoms with van der Waals surface area (Å²) in [5.41, 5.74) is 0.483. The standard InChI is InChI=1S/C20H32O5/c1-4-5-8-14-24-18-12-11-17(16-19(18)23-3)20(21)25-15-10-7-6-9-13-22-2/h11-12,16H,4-10,13-15H2,1-3H3. The Morgan fingerprint density at radius 1 is 0.880 bits per heavy atom. The van der Waals surface area contributed by atoms with E-state index in [4.69, 9.17) is 18.9 Å². The molecule has 0 spiro atoms. The number of benzene rings is 1. The van der Waals surface area contributed by atoms with E-state index in [1.807, 2.05) is 0 Å². The number of hydrogen-bond donors (Lipinski definition) is 0. The number of rotatable bonds is 14. The zero-order valence-electron chi connectivity index (χ0n) is 15.8. The molecule has 0 bridgehead atoms. The first-order valence-electron chi connectivity index (χ1n) is 9.19. The Labute approximate surface area is 151 Å². The predicted octanol–water partition coefficient (Wildman–Crippen LogP) is 4.63. The quantitative estimate of drug-likeness (QED) is 0.361. The van der Waals surface area contributed by atoms with Gasteiger partial charge in [-0.2, -0.15) is 0 Å². The smallest absolute Gasteiger partial charge is 0.338 e. The van der Waals surface area contributed by atoms with Gasteiger partial charge < -0.3 is 18.9 Å². The van der Waals surface area contributed by atoms with Crippen LogP contribution >= 0.6 is 0 Å². The SMILES string of the molecule is CCCCCOc1ccc(C(=O)OCCCCCCOC)cc1OC. The molecule has 1 aromatic carbocycles. The molecule has 0 unspecified atom stereocenters. The highest BCUT2D eigenvalue weighted by Gasteiger charge is 2.12. The molecule has 1 rings (SSSR count). The van der Waals surface area contributed by atoms with Crippen molar-refractivity contribution < 1.29 is 23.7 Å². The van der Waals surface area contributed by atoms with Crippen molar-refractivity contribution in [3.63, 3.8) is 0 Å². The Balaban J connectivity index is 2.40. The van der Waals surface area contributed by atoms with Gasteiger partial charge in [0.25, 0.3) is 0 Å². The number of unbranched alkanes of at least 4 members (excludes halogenated alkanes) is 5. The van der Waals surface area contributed by atoms with Crippen molar-refractivity contribution in [2.24, 2.45) is 0 Å². The van der Waals surface area contributed by atoms with Crippen LogP contribution in [0.3, 0.4) is 0 Å². The molecule has 5 nitrogen and oxygen atoms in total. The van der Waals surface area contributed by atoms with Gasteiger partial charge in [0.2, 0.25) is 0 Å². The van der Waals surface area contributed by atoms with Crippen molar-refractivity contribution in [1.82, 2.24) is 0 Å². The average molecular weight is 352 g/mol. The summed E-state index contributed by atoms with van der Waals surface area (Å²) in [5.74, 6) is 0.895. The molecule has 0 saturated heterocycles. The third-order valence-corrected chi connectivity index (χ3v) is 3.88. The Morgan fingerprint density at radius 2 is 1.60 bits per heavy atom. The van der Waals surface area contributed by atoms with Crippen LogP contribution in [0, 0.1) is 0 Å². The Bertz CT molecular complexity index is 487. The van der Waals surface area contributed by atoms with Crippen LogP contribution in [0.25, 0.3) is 0 Å². The summed E-state index contributed by atoms with van der Waals surface area (Å²) >= 11 is 0. The van der Waals surface area contributed by atoms with Crippen molar-refractivity contribution in [3.05, 3.63) is 23.8 Å². The summed E-state index contributed by atoms with van der Waals surface area (Å²) in [6.07, 6.45) is 7.32. The molecule has 5 heteroatoms. The normalized spacial score (nSPS) is 10.5. The number of hydrogen-bond acceptors (Lipinski definition) is 5. The number of carbonyl (C=O) groups excluding carboxylic acids is 1. The minimum absolute atomic E-state index is 0.326. The molecule has 0 N–H and O–H groups in total. The maximum absolute atomic E-state index is 12.1. The highest BCUT2D eigenvalue weighted by Crippen LogP contribution is 2.28. The van der Waals surface area contributed by atoms with Crippen LogP contribution in [-0.4, -0.2) is 40.0 Å². The van der Waals surface area contributed by atoms with Crippen molar-refractivity contribution in [3.8, 4) is 11.5 Å². The second kappa shape index (κ2) is 13.5. The monoisotopic (exact) mass is 352 g/mol. The zero-order valence-corrected chi connectivity index (χ0v) is 15.8. The van der Waals surface area contributed by atoms with Crippen LogP contribution in [-0.2, 0) is 9.47 Å². The maximum Gasteiger partial charge on any atom is 0.338 e. The first-order chi connectivity index (χ1) is 12.2. The molecule has 0 saturated carbocycles. The van der Waals surface area contributed by atoms with Crippen LogP contribution in [0.4, 0.5) is 0 Å². The van der Waals surface area contributed by atoms with Gasteiger partial charge in [-0.05, 0) is 43.9 Å². The van der Waals surface area contributed by atoms with E-state index in [1.54, 1.807) is 32.4 Å². The number of esters is 1. The third-order valence-electron chi connectivity index (χ3n) is 3.88. The molecule has 0 amide bonds. The summed E-state index contributed by atoms with van der Waals surface area (Å²) in [5, 5.41) is 0. The van der Waals surface area contributed by atoms with E-state index in [-0.39, 0.29) is 5.97 Å². The highest BCUT2D eigenvalue weighted by atomic mass is 16.5. The molecule has 0 aliphatic rings. The molecule has 0 heterocycles. The van der Waals surface area contributed by atoms with Gasteiger partial charge in [0.1, 0.15) is 0 Å². The lowest BCUT2D eigenvalue weighted by atomic mass is 10.2. The van der Waals surface area contributed by atoms with E-state index in [9.17, 15) is 4.79 Å². The molecule has 0 radical (unpaired) electrons. The summed E-state index contributed by atoms with van der Waals surface area (Å²) in [6, 6.07) is 5.17. The van der Waals surface area contributed by atoms with E-state index in [0.717, 1.165) is 51.6 Å². The fourth-order valence-corrected chi connectivity index (χ4v) is 2.40. The minimum atomic E-state index is -0.326. The number of carbonyl (C=O) groups is 1. The highest BCUT2D eigenvalue weighted by molar-refractivity contribution is 5.90. The molecule has 142 valence electrons. The fraction of sp³-hybridized carbons (Fsp3) is 0.650. The van der Waals surface area contributed by atoms with Crippen LogP contribution < -0.4 is 9.47 Å². The Kier molecular flexibility index (Phi) is 11.5. The van der Waals surface area contributed by atoms with Gasteiger partial charge in [-0.3, -0.25) is 0 Å². The van der Waals surface area contributed by atoms with Gasteiger partial charge in [-0.1, -0.05) is 26.2 Å². The lowest BCUT2D eigenvalue weighted by molar-refractivity contribution is 0.0496. The maximum atomic E-state index is 12.1. The molecule has 0 fully saturated rings. The largest absolute Gasteiger partial charge is 0.493 e. The van der Waals surface area contributed by atoms with Crippen LogP contribution in [0.15, 0.2) is 18.2 Å². The topological polar surface area (TPSA) is 54.0 Å². The third kappa shape index (κ3) is 8.77. The van der Waals surface area contributed by atoms with E-state index < -0.39 is 0 Å². The van der Waals surface area contributed by atoms with Gasteiger partial charge >= 0.3 is 5.97 Å². The van der Waals surface area contributed by atoms with Crippen molar-refractivity contribution in [2.45, 2.75) is 51.9 Å². The van der Waals surface area contributed by atoms with Crippen LogP contribution in [0.1, 0.15) is 62.2 Å². The van der Waals surface area contributed by atoms with E-state index in [1.165, 1.54) is 0 Å². The van der Waals surface area contributed by atoms with Gasteiger partial charge in [0, 0.05) is 13.7 Å². The first-order valence-corrected chi connectivity index (χ1v) is 9.19. The number of methoxy groups -OCH3 is 2. The molecule has 25 heavy (non-hydrogen) atoms. The molecular formula is C20H32O5. The molecular weight excluding hydrogens is 320 g/mol. The lowest BCUT2D eigenvalue weighted by Crippen LogP contribution is -2.07. The Morgan fingerprint density at radius 3 is 2.28 bits per heavy atom. The first kappa shape index (κ1) is 21.3. The molecule has 0 aliphatic heterocycles. The molecule has 0 atom stereocenters. The molecule has 0 aliphatic carbocycles.